The van der Waals surface area contributed by atoms with Gasteiger partial charge in [0.1, 0.15) is 11.5 Å². The number of hydrogen-bond donors (Lipinski definition) is 0. The van der Waals surface area contributed by atoms with Gasteiger partial charge in [-0.2, -0.15) is 0 Å². The highest BCUT2D eigenvalue weighted by molar-refractivity contribution is 6.36. The molecule has 0 unspecified atom stereocenters. The Morgan fingerprint density at radius 1 is 0.722 bits per heavy atom. The highest BCUT2D eigenvalue weighted by atomic mass is 35.5. The number of carbonyl (C=O) groups excluding carboxylic acids is 4. The van der Waals surface area contributed by atoms with Crippen molar-refractivity contribution in [3.8, 4) is 11.5 Å². The van der Waals surface area contributed by atoms with Crippen molar-refractivity contribution in [2.45, 2.75) is 19.3 Å². The molecule has 178 valence electrons. The summed E-state index contributed by atoms with van der Waals surface area (Å²) in [6.45, 7) is 2.49. The van der Waals surface area contributed by atoms with E-state index in [2.05, 4.69) is 0 Å². The molecule has 0 spiro atoms. The standard InChI is InChI=1S/C29H19ClO6/c1-16(31)35-25-15-24(26(36-17(2)32)21-8-4-3-7-20(21)25)29(18-11-13-19(30)14-12-18)27(33)22-9-5-6-10-23(22)28(29)34/h3-15H,1-2H3. The average Bonchev–Trinajstić information content (AvgIpc) is 3.08. The fourth-order valence-corrected chi connectivity index (χ4v) is 4.96. The van der Waals surface area contributed by atoms with Gasteiger partial charge in [0.05, 0.1) is 0 Å². The molecule has 0 amide bonds. The summed E-state index contributed by atoms with van der Waals surface area (Å²) in [4.78, 5) is 52.7. The molecule has 4 aromatic carbocycles. The number of rotatable bonds is 4. The van der Waals surface area contributed by atoms with Crippen molar-refractivity contribution in [2.24, 2.45) is 0 Å². The third kappa shape index (κ3) is 3.49. The molecule has 0 aliphatic heterocycles. The van der Waals surface area contributed by atoms with Crippen LogP contribution in [-0.4, -0.2) is 23.5 Å². The molecule has 4 aromatic rings. The zero-order chi connectivity index (χ0) is 25.6. The second-order valence-corrected chi connectivity index (χ2v) is 8.88. The van der Waals surface area contributed by atoms with E-state index in [1.165, 1.54) is 19.9 Å². The molecule has 0 saturated heterocycles. The molecule has 6 nitrogen and oxygen atoms in total. The van der Waals surface area contributed by atoms with E-state index in [9.17, 15) is 19.2 Å². The summed E-state index contributed by atoms with van der Waals surface area (Å²) in [7, 11) is 0. The van der Waals surface area contributed by atoms with Gasteiger partial charge in [-0.3, -0.25) is 19.2 Å². The Morgan fingerprint density at radius 3 is 1.81 bits per heavy atom. The number of Topliss-reactive ketones (excluding diaryl/α,β-unsaturated/α-hetero) is 2. The monoisotopic (exact) mass is 498 g/mol. The quantitative estimate of drug-likeness (QED) is 0.203. The van der Waals surface area contributed by atoms with E-state index < -0.39 is 28.9 Å². The van der Waals surface area contributed by atoms with Gasteiger partial charge in [-0.25, -0.2) is 0 Å². The molecule has 0 atom stereocenters. The predicted molar refractivity (Wildman–Crippen MR) is 134 cm³/mol. The van der Waals surface area contributed by atoms with E-state index in [1.807, 2.05) is 0 Å². The second kappa shape index (κ2) is 8.73. The highest BCUT2D eigenvalue weighted by Crippen LogP contribution is 2.51. The van der Waals surface area contributed by atoms with Gasteiger partial charge < -0.3 is 9.47 Å². The molecule has 0 heterocycles. The van der Waals surface area contributed by atoms with Crippen LogP contribution in [-0.2, 0) is 15.0 Å². The van der Waals surface area contributed by atoms with Crippen molar-refractivity contribution < 1.29 is 28.7 Å². The number of carbonyl (C=O) groups is 4. The van der Waals surface area contributed by atoms with Crippen molar-refractivity contribution in [1.29, 1.82) is 0 Å². The zero-order valence-corrected chi connectivity index (χ0v) is 20.1. The van der Waals surface area contributed by atoms with Gasteiger partial charge in [-0.05, 0) is 23.8 Å². The minimum absolute atomic E-state index is 0.0402. The van der Waals surface area contributed by atoms with Crippen LogP contribution < -0.4 is 9.47 Å². The van der Waals surface area contributed by atoms with Gasteiger partial charge >= 0.3 is 11.9 Å². The summed E-state index contributed by atoms with van der Waals surface area (Å²) in [6.07, 6.45) is 0. The van der Waals surface area contributed by atoms with E-state index in [0.29, 0.717) is 21.4 Å². The van der Waals surface area contributed by atoms with Crippen LogP contribution in [0.5, 0.6) is 11.5 Å². The van der Waals surface area contributed by atoms with Crippen LogP contribution in [0.25, 0.3) is 10.8 Å². The van der Waals surface area contributed by atoms with Gasteiger partial charge in [0, 0.05) is 46.3 Å². The summed E-state index contributed by atoms with van der Waals surface area (Å²) in [5.74, 6) is -2.01. The summed E-state index contributed by atoms with van der Waals surface area (Å²) in [5.41, 5.74) is -0.976. The van der Waals surface area contributed by atoms with Crippen LogP contribution >= 0.6 is 11.6 Å². The highest BCUT2D eigenvalue weighted by Gasteiger charge is 2.57. The molecule has 1 aliphatic rings. The van der Waals surface area contributed by atoms with Crippen molar-refractivity contribution in [3.63, 3.8) is 0 Å². The summed E-state index contributed by atoms with van der Waals surface area (Å²) >= 11 is 6.14. The molecular formula is C29H19ClO6. The zero-order valence-electron chi connectivity index (χ0n) is 19.3. The van der Waals surface area contributed by atoms with Crippen LogP contribution in [0.4, 0.5) is 0 Å². The maximum absolute atomic E-state index is 14.2. The van der Waals surface area contributed by atoms with Gasteiger partial charge in [0.15, 0.2) is 17.0 Å². The third-order valence-corrected chi connectivity index (χ3v) is 6.49. The third-order valence-electron chi connectivity index (χ3n) is 6.24. The van der Waals surface area contributed by atoms with Crippen molar-refractivity contribution in [2.75, 3.05) is 0 Å². The lowest BCUT2D eigenvalue weighted by atomic mass is 9.69. The molecule has 0 saturated carbocycles. The van der Waals surface area contributed by atoms with Crippen LogP contribution in [0.1, 0.15) is 45.7 Å². The SMILES string of the molecule is CC(=O)Oc1cc(C2(c3ccc(Cl)cc3)C(=O)c3ccccc3C2=O)c(OC(C)=O)c2ccccc12. The smallest absolute Gasteiger partial charge is 0.308 e. The lowest BCUT2D eigenvalue weighted by molar-refractivity contribution is -0.133. The summed E-state index contributed by atoms with van der Waals surface area (Å²) in [6, 6.07) is 21.2. The molecule has 7 heteroatoms. The number of halogens is 1. The maximum Gasteiger partial charge on any atom is 0.308 e. The summed E-state index contributed by atoms with van der Waals surface area (Å²) in [5, 5.41) is 1.31. The first-order valence-electron chi connectivity index (χ1n) is 11.1. The second-order valence-electron chi connectivity index (χ2n) is 8.44. The van der Waals surface area contributed by atoms with Crippen LogP contribution in [0.15, 0.2) is 78.9 Å². The fourth-order valence-electron chi connectivity index (χ4n) is 4.84. The number of benzene rings is 4. The Labute approximate surface area is 211 Å². The molecule has 5 rings (SSSR count). The molecule has 0 aromatic heterocycles. The van der Waals surface area contributed by atoms with E-state index in [4.69, 9.17) is 21.1 Å². The Hall–Kier alpha value is -4.29. The minimum atomic E-state index is -1.90. The van der Waals surface area contributed by atoms with Gasteiger partial charge in [0.2, 0.25) is 0 Å². The number of ketones is 2. The Kier molecular flexibility index (Phi) is 5.69. The molecule has 0 N–H and O–H groups in total. The van der Waals surface area contributed by atoms with Gasteiger partial charge in [-0.15, -0.1) is 0 Å². The lowest BCUT2D eigenvalue weighted by Crippen LogP contribution is -2.40. The Morgan fingerprint density at radius 2 is 1.25 bits per heavy atom. The number of ether oxygens (including phenoxy) is 2. The van der Waals surface area contributed by atoms with Gasteiger partial charge in [0.25, 0.3) is 0 Å². The molecule has 0 bridgehead atoms. The Bertz CT molecular complexity index is 1550. The average molecular weight is 499 g/mol. The van der Waals surface area contributed by atoms with Crippen LogP contribution in [0.2, 0.25) is 5.02 Å². The number of hydrogen-bond acceptors (Lipinski definition) is 6. The first-order chi connectivity index (χ1) is 17.2. The summed E-state index contributed by atoms with van der Waals surface area (Å²) < 4.78 is 11.2. The Balaban J connectivity index is 1.96. The van der Waals surface area contributed by atoms with Crippen molar-refractivity contribution in [1.82, 2.24) is 0 Å². The molecule has 36 heavy (non-hydrogen) atoms. The van der Waals surface area contributed by atoms with E-state index >= 15 is 0 Å². The van der Waals surface area contributed by atoms with E-state index in [1.54, 1.807) is 72.8 Å². The maximum atomic E-state index is 14.2. The predicted octanol–water partition coefficient (Wildman–Crippen LogP) is 5.71. The van der Waals surface area contributed by atoms with Gasteiger partial charge in [-0.1, -0.05) is 72.3 Å². The first-order valence-corrected chi connectivity index (χ1v) is 11.5. The van der Waals surface area contributed by atoms with Crippen molar-refractivity contribution in [3.05, 3.63) is 106 Å². The normalized spacial score (nSPS) is 14.0. The number of fused-ring (bicyclic) bond motifs is 2. The van der Waals surface area contributed by atoms with E-state index in [-0.39, 0.29) is 28.2 Å². The lowest BCUT2D eigenvalue weighted by Gasteiger charge is -2.30. The largest absolute Gasteiger partial charge is 0.426 e. The number of esters is 2. The topological polar surface area (TPSA) is 86.7 Å². The van der Waals surface area contributed by atoms with Crippen LogP contribution in [0.3, 0.4) is 0 Å². The van der Waals surface area contributed by atoms with E-state index in [0.717, 1.165) is 0 Å². The minimum Gasteiger partial charge on any atom is -0.426 e. The van der Waals surface area contributed by atoms with Crippen molar-refractivity contribution >= 4 is 45.9 Å². The molecule has 1 aliphatic carbocycles. The van der Waals surface area contributed by atoms with Crippen LogP contribution in [0, 0.1) is 0 Å². The fraction of sp³-hybridized carbons (Fsp3) is 0.103. The molecule has 0 fully saturated rings. The molecule has 0 radical (unpaired) electrons. The first kappa shape index (κ1) is 23.5. The molecular weight excluding hydrogens is 480 g/mol.